The number of rotatable bonds is 6. The summed E-state index contributed by atoms with van der Waals surface area (Å²) in [6, 6.07) is 0. The quantitative estimate of drug-likeness (QED) is 0.439. The highest BCUT2D eigenvalue weighted by molar-refractivity contribution is 9.09. The van der Waals surface area contributed by atoms with Crippen molar-refractivity contribution in [1.82, 2.24) is 0 Å². The first kappa shape index (κ1) is 12.2. The molecule has 0 aromatic heterocycles. The van der Waals surface area contributed by atoms with Crippen molar-refractivity contribution in [2.24, 2.45) is 0 Å². The van der Waals surface area contributed by atoms with Crippen molar-refractivity contribution in [3.63, 3.8) is 0 Å². The molecule has 0 saturated carbocycles. The Morgan fingerprint density at radius 2 is 2.00 bits per heavy atom. The number of carboxylic acids is 1. The second kappa shape index (κ2) is 6.65. The highest BCUT2D eigenvalue weighted by Crippen LogP contribution is 1.99. The lowest BCUT2D eigenvalue weighted by Crippen LogP contribution is -2.09. The van der Waals surface area contributed by atoms with Gasteiger partial charge in [0, 0.05) is 17.3 Å². The zero-order valence-corrected chi connectivity index (χ0v) is 8.67. The Morgan fingerprint density at radius 3 is 2.46 bits per heavy atom. The summed E-state index contributed by atoms with van der Waals surface area (Å²) in [5, 5.41) is 8.95. The second-order valence-corrected chi connectivity index (χ2v) is 3.11. The van der Waals surface area contributed by atoms with E-state index in [0.29, 0.717) is 11.8 Å². The van der Waals surface area contributed by atoms with Crippen molar-refractivity contribution < 1.29 is 19.4 Å². The summed E-state index contributed by atoms with van der Waals surface area (Å²) in [6.45, 7) is 3.38. The topological polar surface area (TPSA) is 63.6 Å². The molecule has 0 heterocycles. The lowest BCUT2D eigenvalue weighted by molar-refractivity contribution is -0.143. The summed E-state index contributed by atoms with van der Waals surface area (Å²) >= 11 is 3.08. The number of carboxylic acid groups (broad SMARTS) is 1. The summed E-state index contributed by atoms with van der Waals surface area (Å²) < 4.78 is 4.71. The van der Waals surface area contributed by atoms with Crippen molar-refractivity contribution in [3.05, 3.63) is 12.2 Å². The standard InChI is InChI=1S/C8H11BrO4/c1-6(8(11)12)3-5-13-7(10)2-4-9/h1-5H2,(H,11,12). The third kappa shape index (κ3) is 6.33. The fraction of sp³-hybridized carbons (Fsp3) is 0.500. The van der Waals surface area contributed by atoms with E-state index in [0.717, 1.165) is 0 Å². The number of hydrogen-bond donors (Lipinski definition) is 1. The number of carbonyl (C=O) groups is 2. The maximum atomic E-state index is 10.8. The van der Waals surface area contributed by atoms with Gasteiger partial charge in [0.25, 0.3) is 0 Å². The highest BCUT2D eigenvalue weighted by atomic mass is 79.9. The summed E-state index contributed by atoms with van der Waals surface area (Å²) in [5.74, 6) is -1.40. The van der Waals surface area contributed by atoms with Gasteiger partial charge in [0.2, 0.25) is 0 Å². The maximum Gasteiger partial charge on any atom is 0.331 e. The minimum absolute atomic E-state index is 0.0478. The molecule has 0 aromatic carbocycles. The van der Waals surface area contributed by atoms with E-state index >= 15 is 0 Å². The van der Waals surface area contributed by atoms with Crippen LogP contribution in [0.3, 0.4) is 0 Å². The molecule has 0 bridgehead atoms. The first-order valence-corrected chi connectivity index (χ1v) is 4.82. The normalized spacial score (nSPS) is 9.31. The Morgan fingerprint density at radius 1 is 1.38 bits per heavy atom. The van der Waals surface area contributed by atoms with Gasteiger partial charge in [-0.05, 0) is 0 Å². The Balaban J connectivity index is 3.50. The lowest BCUT2D eigenvalue weighted by atomic mass is 10.2. The van der Waals surface area contributed by atoms with E-state index in [1.54, 1.807) is 0 Å². The average molecular weight is 251 g/mol. The highest BCUT2D eigenvalue weighted by Gasteiger charge is 2.05. The van der Waals surface area contributed by atoms with Gasteiger partial charge in [-0.2, -0.15) is 0 Å². The Kier molecular flexibility index (Phi) is 6.22. The molecule has 0 rings (SSSR count). The van der Waals surface area contributed by atoms with Crippen molar-refractivity contribution >= 4 is 27.9 Å². The molecule has 0 radical (unpaired) electrons. The molecule has 74 valence electrons. The monoisotopic (exact) mass is 250 g/mol. The number of aliphatic carboxylic acids is 1. The molecule has 1 N–H and O–H groups in total. The molecule has 0 amide bonds. The summed E-state index contributed by atoms with van der Waals surface area (Å²) in [5.41, 5.74) is 0.0478. The van der Waals surface area contributed by atoms with Crippen LogP contribution in [0.25, 0.3) is 0 Å². The third-order valence-electron chi connectivity index (χ3n) is 1.27. The van der Waals surface area contributed by atoms with Gasteiger partial charge in [-0.15, -0.1) is 0 Å². The molecule has 0 fully saturated rings. The van der Waals surface area contributed by atoms with Gasteiger partial charge >= 0.3 is 11.9 Å². The average Bonchev–Trinajstić information content (AvgIpc) is 2.04. The van der Waals surface area contributed by atoms with E-state index < -0.39 is 5.97 Å². The van der Waals surface area contributed by atoms with Crippen LogP contribution >= 0.6 is 15.9 Å². The van der Waals surface area contributed by atoms with E-state index in [2.05, 4.69) is 22.5 Å². The van der Waals surface area contributed by atoms with Gasteiger partial charge in [0.05, 0.1) is 13.0 Å². The van der Waals surface area contributed by atoms with E-state index in [1.165, 1.54) is 0 Å². The van der Waals surface area contributed by atoms with Crippen molar-refractivity contribution in [2.45, 2.75) is 12.8 Å². The Hall–Kier alpha value is -0.840. The fourth-order valence-electron chi connectivity index (χ4n) is 0.544. The molecule has 4 nitrogen and oxygen atoms in total. The van der Waals surface area contributed by atoms with Crippen molar-refractivity contribution in [1.29, 1.82) is 0 Å². The fourth-order valence-corrected chi connectivity index (χ4v) is 0.868. The molecule has 0 aliphatic carbocycles. The van der Waals surface area contributed by atoms with Gasteiger partial charge in [0.1, 0.15) is 0 Å². The Bertz CT molecular complexity index is 212. The summed E-state index contributed by atoms with van der Waals surface area (Å²) in [6.07, 6.45) is 0.461. The number of ether oxygens (including phenoxy) is 1. The molecule has 0 atom stereocenters. The van der Waals surface area contributed by atoms with Gasteiger partial charge < -0.3 is 9.84 Å². The molecular formula is C8H11BrO4. The first-order chi connectivity index (χ1) is 6.07. The lowest BCUT2D eigenvalue weighted by Gasteiger charge is -2.02. The van der Waals surface area contributed by atoms with Crippen LogP contribution in [0.2, 0.25) is 0 Å². The van der Waals surface area contributed by atoms with Crippen molar-refractivity contribution in [2.75, 3.05) is 11.9 Å². The van der Waals surface area contributed by atoms with Crippen molar-refractivity contribution in [3.8, 4) is 0 Å². The van der Waals surface area contributed by atoms with Crippen LogP contribution in [0.15, 0.2) is 12.2 Å². The largest absolute Gasteiger partial charge is 0.478 e. The van der Waals surface area contributed by atoms with Crippen LogP contribution in [0.4, 0.5) is 0 Å². The minimum atomic E-state index is -1.06. The number of hydrogen-bond acceptors (Lipinski definition) is 3. The molecule has 0 unspecified atom stereocenters. The number of alkyl halides is 1. The number of carbonyl (C=O) groups excluding carboxylic acids is 1. The molecule has 0 spiro atoms. The Labute approximate surface area is 84.7 Å². The molecule has 0 saturated heterocycles. The molecule has 5 heteroatoms. The zero-order valence-electron chi connectivity index (χ0n) is 7.09. The molecule has 13 heavy (non-hydrogen) atoms. The van der Waals surface area contributed by atoms with Gasteiger partial charge in [0.15, 0.2) is 0 Å². The van der Waals surface area contributed by atoms with E-state index in [4.69, 9.17) is 9.84 Å². The maximum absolute atomic E-state index is 10.8. The summed E-state index contributed by atoms with van der Waals surface area (Å²) in [7, 11) is 0. The van der Waals surface area contributed by atoms with Crippen LogP contribution in [0, 0.1) is 0 Å². The second-order valence-electron chi connectivity index (χ2n) is 2.32. The predicted octanol–water partition coefficient (Wildman–Crippen LogP) is 1.35. The van der Waals surface area contributed by atoms with E-state index in [1.807, 2.05) is 0 Å². The van der Waals surface area contributed by atoms with E-state index in [-0.39, 0.29) is 24.6 Å². The number of esters is 1. The van der Waals surface area contributed by atoms with Crippen LogP contribution in [-0.2, 0) is 14.3 Å². The minimum Gasteiger partial charge on any atom is -0.478 e. The third-order valence-corrected chi connectivity index (χ3v) is 1.66. The smallest absolute Gasteiger partial charge is 0.331 e. The molecular weight excluding hydrogens is 240 g/mol. The first-order valence-electron chi connectivity index (χ1n) is 3.70. The van der Waals surface area contributed by atoms with Crippen LogP contribution in [0.5, 0.6) is 0 Å². The molecule has 0 aliphatic heterocycles. The predicted molar refractivity (Wildman–Crippen MR) is 50.8 cm³/mol. The van der Waals surface area contributed by atoms with Crippen LogP contribution in [0.1, 0.15) is 12.8 Å². The number of halogens is 1. The SMILES string of the molecule is C=C(CCOC(=O)CCBr)C(=O)O. The van der Waals surface area contributed by atoms with Gasteiger partial charge in [-0.3, -0.25) is 4.79 Å². The summed E-state index contributed by atoms with van der Waals surface area (Å²) in [4.78, 5) is 21.0. The van der Waals surface area contributed by atoms with Gasteiger partial charge in [-0.25, -0.2) is 4.79 Å². The zero-order chi connectivity index (χ0) is 10.3. The molecule has 0 aromatic rings. The van der Waals surface area contributed by atoms with Gasteiger partial charge in [-0.1, -0.05) is 22.5 Å². The van der Waals surface area contributed by atoms with E-state index in [9.17, 15) is 9.59 Å². The molecule has 0 aliphatic rings. The van der Waals surface area contributed by atoms with Crippen LogP contribution < -0.4 is 0 Å². The van der Waals surface area contributed by atoms with Crippen LogP contribution in [-0.4, -0.2) is 29.0 Å².